The maximum Gasteiger partial charge on any atom is 0.122 e. The van der Waals surface area contributed by atoms with Gasteiger partial charge >= 0.3 is 0 Å². The standard InChI is InChI=1S/C15H14Cl2O/c1-18-10-4-2-3-7-8-5-6-9(11(7)10)13-12(8)14(16)15(13)17/h2-6,8-9,12-15H,1H3/t8-,9-,12-,13-,14-,15+/m1/s1. The van der Waals surface area contributed by atoms with E-state index in [1.54, 1.807) is 7.11 Å². The molecule has 0 N–H and O–H groups in total. The molecular formula is C15H14Cl2O. The molecule has 1 fully saturated rings. The number of benzene rings is 1. The van der Waals surface area contributed by atoms with Crippen LogP contribution in [-0.2, 0) is 0 Å². The van der Waals surface area contributed by atoms with Crippen molar-refractivity contribution in [3.8, 4) is 5.75 Å². The first-order chi connectivity index (χ1) is 8.74. The normalized spacial score (nSPS) is 43.1. The highest BCUT2D eigenvalue weighted by Crippen LogP contribution is 2.64. The Labute approximate surface area is 117 Å². The Bertz CT molecular complexity index is 539. The Morgan fingerprint density at radius 1 is 1.00 bits per heavy atom. The maximum absolute atomic E-state index is 6.42. The van der Waals surface area contributed by atoms with Gasteiger partial charge in [-0.3, -0.25) is 0 Å². The van der Waals surface area contributed by atoms with Gasteiger partial charge in [0.2, 0.25) is 0 Å². The molecule has 0 unspecified atom stereocenters. The van der Waals surface area contributed by atoms with E-state index in [9.17, 15) is 0 Å². The van der Waals surface area contributed by atoms with Crippen molar-refractivity contribution in [2.75, 3.05) is 7.11 Å². The fourth-order valence-electron chi connectivity index (χ4n) is 4.06. The lowest BCUT2D eigenvalue weighted by atomic mass is 9.51. The van der Waals surface area contributed by atoms with Crippen LogP contribution < -0.4 is 4.74 Å². The molecule has 1 aromatic carbocycles. The highest BCUT2D eigenvalue weighted by molar-refractivity contribution is 6.31. The number of hydrogen-bond acceptors (Lipinski definition) is 1. The summed E-state index contributed by atoms with van der Waals surface area (Å²) in [7, 11) is 1.74. The molecule has 2 bridgehead atoms. The summed E-state index contributed by atoms with van der Waals surface area (Å²) >= 11 is 12.8. The van der Waals surface area contributed by atoms with Crippen LogP contribution in [0.5, 0.6) is 5.75 Å². The summed E-state index contributed by atoms with van der Waals surface area (Å²) in [4.78, 5) is 0. The number of ether oxygens (including phenoxy) is 1. The zero-order valence-electron chi connectivity index (χ0n) is 10.0. The molecule has 5 rings (SSSR count). The van der Waals surface area contributed by atoms with Crippen molar-refractivity contribution in [1.82, 2.24) is 0 Å². The summed E-state index contributed by atoms with van der Waals surface area (Å²) in [6, 6.07) is 6.32. The smallest absolute Gasteiger partial charge is 0.122 e. The van der Waals surface area contributed by atoms with Gasteiger partial charge in [0.15, 0.2) is 0 Å². The minimum atomic E-state index is 0.0900. The van der Waals surface area contributed by atoms with E-state index in [0.29, 0.717) is 23.7 Å². The lowest BCUT2D eigenvalue weighted by Gasteiger charge is -2.58. The number of rotatable bonds is 1. The van der Waals surface area contributed by atoms with Crippen molar-refractivity contribution >= 4 is 23.2 Å². The van der Waals surface area contributed by atoms with E-state index in [2.05, 4.69) is 24.3 Å². The Hall–Kier alpha value is -0.660. The molecule has 18 heavy (non-hydrogen) atoms. The van der Waals surface area contributed by atoms with Crippen LogP contribution >= 0.6 is 23.2 Å². The first-order valence-electron chi connectivity index (χ1n) is 6.37. The zero-order chi connectivity index (χ0) is 12.4. The summed E-state index contributed by atoms with van der Waals surface area (Å²) in [5.74, 6) is 2.77. The van der Waals surface area contributed by atoms with Crippen molar-refractivity contribution in [2.24, 2.45) is 11.8 Å². The van der Waals surface area contributed by atoms with E-state index < -0.39 is 0 Å². The molecule has 6 atom stereocenters. The van der Waals surface area contributed by atoms with Crippen LogP contribution in [0.3, 0.4) is 0 Å². The molecule has 94 valence electrons. The van der Waals surface area contributed by atoms with Crippen LogP contribution in [0.25, 0.3) is 0 Å². The average Bonchev–Trinajstić information content (AvgIpc) is 2.45. The second-order valence-corrected chi connectivity index (χ2v) is 6.45. The van der Waals surface area contributed by atoms with Gasteiger partial charge in [0.25, 0.3) is 0 Å². The summed E-state index contributed by atoms with van der Waals surface area (Å²) in [5.41, 5.74) is 2.72. The van der Waals surface area contributed by atoms with Gasteiger partial charge in [0.1, 0.15) is 5.75 Å². The molecule has 0 spiro atoms. The van der Waals surface area contributed by atoms with E-state index in [0.717, 1.165) is 5.75 Å². The van der Waals surface area contributed by atoms with Gasteiger partial charge in [-0.25, -0.2) is 0 Å². The molecule has 4 aliphatic carbocycles. The van der Waals surface area contributed by atoms with Gasteiger partial charge in [-0.15, -0.1) is 23.2 Å². The number of alkyl halides is 2. The number of halogens is 2. The highest BCUT2D eigenvalue weighted by atomic mass is 35.5. The van der Waals surface area contributed by atoms with Gasteiger partial charge < -0.3 is 4.74 Å². The van der Waals surface area contributed by atoms with Crippen LogP contribution in [-0.4, -0.2) is 17.9 Å². The highest BCUT2D eigenvalue weighted by Gasteiger charge is 2.59. The predicted octanol–water partition coefficient (Wildman–Crippen LogP) is 3.91. The molecule has 0 saturated heterocycles. The third-order valence-corrected chi connectivity index (χ3v) is 6.11. The Balaban J connectivity index is 1.91. The molecular weight excluding hydrogens is 267 g/mol. The second-order valence-electron chi connectivity index (χ2n) is 5.44. The van der Waals surface area contributed by atoms with Gasteiger partial charge in [-0.1, -0.05) is 24.3 Å². The minimum absolute atomic E-state index is 0.0900. The minimum Gasteiger partial charge on any atom is -0.496 e. The van der Waals surface area contributed by atoms with Crippen LogP contribution in [0.4, 0.5) is 0 Å². The van der Waals surface area contributed by atoms with Crippen molar-refractivity contribution in [2.45, 2.75) is 22.6 Å². The lowest BCUT2D eigenvalue weighted by molar-refractivity contribution is 0.128. The third kappa shape index (κ3) is 1.15. The van der Waals surface area contributed by atoms with Gasteiger partial charge in [-0.2, -0.15) is 0 Å². The van der Waals surface area contributed by atoms with Crippen molar-refractivity contribution in [3.63, 3.8) is 0 Å². The second kappa shape index (κ2) is 3.68. The van der Waals surface area contributed by atoms with Crippen LogP contribution in [0.15, 0.2) is 30.4 Å². The third-order valence-electron chi connectivity index (χ3n) is 4.85. The first-order valence-corrected chi connectivity index (χ1v) is 7.24. The lowest BCUT2D eigenvalue weighted by Crippen LogP contribution is -2.57. The SMILES string of the molecule is COc1cccc2c1[C@H]1C=C[C@H]2[C@H]2[C@@H](Cl)[C@@H](Cl)[C@@H]21. The predicted molar refractivity (Wildman–Crippen MR) is 73.9 cm³/mol. The zero-order valence-corrected chi connectivity index (χ0v) is 11.5. The van der Waals surface area contributed by atoms with Gasteiger partial charge in [0, 0.05) is 17.4 Å². The number of hydrogen-bond donors (Lipinski definition) is 0. The summed E-state index contributed by atoms with van der Waals surface area (Å²) in [6.07, 6.45) is 4.61. The molecule has 4 aliphatic rings. The first kappa shape index (κ1) is 11.2. The summed E-state index contributed by atoms with van der Waals surface area (Å²) < 4.78 is 5.53. The largest absolute Gasteiger partial charge is 0.496 e. The Morgan fingerprint density at radius 3 is 2.39 bits per heavy atom. The molecule has 0 amide bonds. The average molecular weight is 281 g/mol. The molecule has 0 radical (unpaired) electrons. The maximum atomic E-state index is 6.42. The van der Waals surface area contributed by atoms with E-state index >= 15 is 0 Å². The Morgan fingerprint density at radius 2 is 1.67 bits per heavy atom. The molecule has 1 saturated carbocycles. The summed E-state index contributed by atoms with van der Waals surface area (Å²) in [5, 5.41) is 0.195. The molecule has 0 aromatic heterocycles. The molecule has 1 aromatic rings. The summed E-state index contributed by atoms with van der Waals surface area (Å²) in [6.45, 7) is 0. The van der Waals surface area contributed by atoms with E-state index in [-0.39, 0.29) is 10.8 Å². The van der Waals surface area contributed by atoms with Crippen LogP contribution in [0, 0.1) is 11.8 Å². The quantitative estimate of drug-likeness (QED) is 0.560. The number of allylic oxidation sites excluding steroid dienone is 2. The van der Waals surface area contributed by atoms with E-state index in [1.165, 1.54) is 11.1 Å². The molecule has 3 heteroatoms. The fourth-order valence-corrected chi connectivity index (χ4v) is 5.05. The van der Waals surface area contributed by atoms with Gasteiger partial charge in [0.05, 0.1) is 17.9 Å². The van der Waals surface area contributed by atoms with E-state index in [1.807, 2.05) is 6.07 Å². The molecule has 0 heterocycles. The van der Waals surface area contributed by atoms with Crippen LogP contribution in [0.2, 0.25) is 0 Å². The Kier molecular flexibility index (Phi) is 2.29. The van der Waals surface area contributed by atoms with Crippen LogP contribution in [0.1, 0.15) is 23.0 Å². The van der Waals surface area contributed by atoms with E-state index in [4.69, 9.17) is 27.9 Å². The molecule has 0 aliphatic heterocycles. The number of methoxy groups -OCH3 is 1. The fraction of sp³-hybridized carbons (Fsp3) is 0.467. The van der Waals surface area contributed by atoms with Crippen molar-refractivity contribution in [1.29, 1.82) is 0 Å². The van der Waals surface area contributed by atoms with Gasteiger partial charge in [-0.05, 0) is 23.5 Å². The topological polar surface area (TPSA) is 9.23 Å². The monoisotopic (exact) mass is 280 g/mol. The van der Waals surface area contributed by atoms with Crippen molar-refractivity contribution < 1.29 is 4.74 Å². The van der Waals surface area contributed by atoms with Crippen molar-refractivity contribution in [3.05, 3.63) is 41.5 Å². The molecule has 1 nitrogen and oxygen atoms in total.